The van der Waals surface area contributed by atoms with E-state index in [-0.39, 0.29) is 0 Å². The number of nitrogens with zero attached hydrogens (tertiary/aromatic N) is 2. The van der Waals surface area contributed by atoms with Gasteiger partial charge in [0.05, 0.1) is 0 Å². The van der Waals surface area contributed by atoms with Crippen LogP contribution in [0.25, 0.3) is 0 Å². The standard InChI is InChI=1S/C19H33N3/c1-5-21(6-2)18-9-7-17(8-10-18)19(15-16(3)4)22-13-11-20-12-14-22/h7-10,16,19-20H,5-6,11-15H2,1-4H3/t19-/m0/s1. The highest BCUT2D eigenvalue weighted by atomic mass is 15.2. The molecule has 22 heavy (non-hydrogen) atoms. The maximum absolute atomic E-state index is 3.47. The van der Waals surface area contributed by atoms with Gasteiger partial charge in [0.25, 0.3) is 0 Å². The zero-order chi connectivity index (χ0) is 15.9. The molecule has 1 heterocycles. The summed E-state index contributed by atoms with van der Waals surface area (Å²) in [6.45, 7) is 15.8. The van der Waals surface area contributed by atoms with E-state index >= 15 is 0 Å². The Kier molecular flexibility index (Phi) is 6.71. The van der Waals surface area contributed by atoms with Gasteiger partial charge in [-0.05, 0) is 43.9 Å². The van der Waals surface area contributed by atoms with Crippen molar-refractivity contribution >= 4 is 5.69 Å². The third-order valence-corrected chi connectivity index (χ3v) is 4.69. The Morgan fingerprint density at radius 1 is 1.05 bits per heavy atom. The molecule has 1 aromatic rings. The normalized spacial score (nSPS) is 17.7. The second kappa shape index (κ2) is 8.54. The van der Waals surface area contributed by atoms with Crippen LogP contribution in [0, 0.1) is 5.92 Å². The first kappa shape index (κ1) is 17.3. The zero-order valence-electron chi connectivity index (χ0n) is 14.8. The molecule has 0 bridgehead atoms. The van der Waals surface area contributed by atoms with Gasteiger partial charge in [0.1, 0.15) is 0 Å². The van der Waals surface area contributed by atoms with E-state index < -0.39 is 0 Å². The first-order chi connectivity index (χ1) is 10.7. The largest absolute Gasteiger partial charge is 0.372 e. The lowest BCUT2D eigenvalue weighted by Gasteiger charge is -2.36. The van der Waals surface area contributed by atoms with Gasteiger partial charge in [0.2, 0.25) is 0 Å². The minimum atomic E-state index is 0.563. The maximum Gasteiger partial charge on any atom is 0.0366 e. The molecule has 0 radical (unpaired) electrons. The van der Waals surface area contributed by atoms with Crippen molar-refractivity contribution in [3.63, 3.8) is 0 Å². The van der Waals surface area contributed by atoms with Crippen LogP contribution in [-0.4, -0.2) is 44.2 Å². The molecule has 3 heteroatoms. The fourth-order valence-corrected chi connectivity index (χ4v) is 3.43. The van der Waals surface area contributed by atoms with Crippen LogP contribution in [0.2, 0.25) is 0 Å². The lowest BCUT2D eigenvalue weighted by atomic mass is 9.95. The SMILES string of the molecule is CCN(CC)c1ccc([C@H](CC(C)C)N2CCNCC2)cc1. The van der Waals surface area contributed by atoms with E-state index in [1.807, 2.05) is 0 Å². The van der Waals surface area contributed by atoms with Crippen LogP contribution in [-0.2, 0) is 0 Å². The van der Waals surface area contributed by atoms with Crippen LogP contribution < -0.4 is 10.2 Å². The van der Waals surface area contributed by atoms with Crippen molar-refractivity contribution in [3.8, 4) is 0 Å². The second-order valence-electron chi connectivity index (χ2n) is 6.70. The number of rotatable bonds is 7. The second-order valence-corrected chi connectivity index (χ2v) is 6.70. The molecule has 0 unspecified atom stereocenters. The van der Waals surface area contributed by atoms with E-state index in [4.69, 9.17) is 0 Å². The Morgan fingerprint density at radius 3 is 2.14 bits per heavy atom. The molecule has 0 aliphatic carbocycles. The minimum Gasteiger partial charge on any atom is -0.372 e. The molecular formula is C19H33N3. The Bertz CT molecular complexity index is 417. The van der Waals surface area contributed by atoms with Gasteiger partial charge in [-0.15, -0.1) is 0 Å². The van der Waals surface area contributed by atoms with Gasteiger partial charge in [0.15, 0.2) is 0 Å². The lowest BCUT2D eigenvalue weighted by molar-refractivity contribution is 0.154. The van der Waals surface area contributed by atoms with Crippen LogP contribution in [0.15, 0.2) is 24.3 Å². The van der Waals surface area contributed by atoms with Gasteiger partial charge < -0.3 is 10.2 Å². The summed E-state index contributed by atoms with van der Waals surface area (Å²) >= 11 is 0. The van der Waals surface area contributed by atoms with E-state index in [2.05, 4.69) is 67.1 Å². The summed E-state index contributed by atoms with van der Waals surface area (Å²) in [4.78, 5) is 5.06. The number of nitrogens with one attached hydrogen (secondary N) is 1. The molecule has 1 atom stereocenters. The fourth-order valence-electron chi connectivity index (χ4n) is 3.43. The number of anilines is 1. The summed E-state index contributed by atoms with van der Waals surface area (Å²) in [6.07, 6.45) is 1.24. The van der Waals surface area contributed by atoms with E-state index in [1.165, 1.54) is 17.7 Å². The topological polar surface area (TPSA) is 18.5 Å². The predicted molar refractivity (Wildman–Crippen MR) is 96.6 cm³/mol. The molecule has 1 fully saturated rings. The van der Waals surface area contributed by atoms with Crippen LogP contribution in [0.4, 0.5) is 5.69 Å². The van der Waals surface area contributed by atoms with Gasteiger partial charge >= 0.3 is 0 Å². The molecule has 0 spiro atoms. The summed E-state index contributed by atoms with van der Waals surface area (Å²) in [6, 6.07) is 9.87. The van der Waals surface area contributed by atoms with E-state index in [9.17, 15) is 0 Å². The molecule has 1 aromatic carbocycles. The lowest BCUT2D eigenvalue weighted by Crippen LogP contribution is -2.45. The van der Waals surface area contributed by atoms with Crippen LogP contribution >= 0.6 is 0 Å². The van der Waals surface area contributed by atoms with Crippen molar-refractivity contribution in [3.05, 3.63) is 29.8 Å². The molecule has 1 saturated heterocycles. The zero-order valence-corrected chi connectivity index (χ0v) is 14.8. The van der Waals surface area contributed by atoms with Crippen LogP contribution in [0.3, 0.4) is 0 Å². The van der Waals surface area contributed by atoms with Gasteiger partial charge in [-0.2, -0.15) is 0 Å². The van der Waals surface area contributed by atoms with Crippen molar-refractivity contribution < 1.29 is 0 Å². The van der Waals surface area contributed by atoms with Crippen molar-refractivity contribution in [1.29, 1.82) is 0 Å². The van der Waals surface area contributed by atoms with Crippen molar-refractivity contribution in [1.82, 2.24) is 10.2 Å². The van der Waals surface area contributed by atoms with Crippen molar-refractivity contribution in [2.24, 2.45) is 5.92 Å². The third-order valence-electron chi connectivity index (χ3n) is 4.69. The first-order valence-electron chi connectivity index (χ1n) is 8.95. The molecule has 1 aliphatic heterocycles. The summed E-state index contributed by atoms with van der Waals surface area (Å²) < 4.78 is 0. The highest BCUT2D eigenvalue weighted by molar-refractivity contribution is 5.47. The van der Waals surface area contributed by atoms with E-state index in [0.29, 0.717) is 6.04 Å². The first-order valence-corrected chi connectivity index (χ1v) is 8.95. The van der Waals surface area contributed by atoms with Crippen LogP contribution in [0.1, 0.15) is 45.7 Å². The van der Waals surface area contributed by atoms with E-state index in [0.717, 1.165) is 45.2 Å². The molecular weight excluding hydrogens is 270 g/mol. The summed E-state index contributed by atoms with van der Waals surface area (Å²) in [5, 5.41) is 3.47. The molecule has 1 aliphatic rings. The molecule has 1 N–H and O–H groups in total. The quantitative estimate of drug-likeness (QED) is 0.831. The molecule has 0 saturated carbocycles. The van der Waals surface area contributed by atoms with Gasteiger partial charge in [-0.25, -0.2) is 0 Å². The average Bonchev–Trinajstić information content (AvgIpc) is 2.55. The average molecular weight is 303 g/mol. The summed E-state index contributed by atoms with van der Waals surface area (Å²) in [5.41, 5.74) is 2.82. The molecule has 0 aromatic heterocycles. The summed E-state index contributed by atoms with van der Waals surface area (Å²) in [5.74, 6) is 0.724. The smallest absolute Gasteiger partial charge is 0.0366 e. The molecule has 2 rings (SSSR count). The van der Waals surface area contributed by atoms with Crippen LogP contribution in [0.5, 0.6) is 0 Å². The third kappa shape index (κ3) is 4.47. The highest BCUT2D eigenvalue weighted by Gasteiger charge is 2.23. The number of hydrogen-bond donors (Lipinski definition) is 1. The molecule has 0 amide bonds. The summed E-state index contributed by atoms with van der Waals surface area (Å²) in [7, 11) is 0. The fraction of sp³-hybridized carbons (Fsp3) is 0.684. The molecule has 3 nitrogen and oxygen atoms in total. The minimum absolute atomic E-state index is 0.563. The van der Waals surface area contributed by atoms with Crippen molar-refractivity contribution in [2.75, 3.05) is 44.2 Å². The number of piperazine rings is 1. The Labute approximate surface area is 136 Å². The Hall–Kier alpha value is -1.06. The van der Waals surface area contributed by atoms with Gasteiger partial charge in [0, 0.05) is 51.0 Å². The predicted octanol–water partition coefficient (Wildman–Crippen LogP) is 3.53. The monoisotopic (exact) mass is 303 g/mol. The number of hydrogen-bond acceptors (Lipinski definition) is 3. The van der Waals surface area contributed by atoms with Gasteiger partial charge in [-0.1, -0.05) is 26.0 Å². The number of benzene rings is 1. The maximum atomic E-state index is 3.47. The Balaban J connectivity index is 2.15. The molecule has 124 valence electrons. The van der Waals surface area contributed by atoms with Crippen molar-refractivity contribution in [2.45, 2.75) is 40.2 Å². The highest BCUT2D eigenvalue weighted by Crippen LogP contribution is 2.29. The van der Waals surface area contributed by atoms with Gasteiger partial charge in [-0.3, -0.25) is 4.90 Å². The van der Waals surface area contributed by atoms with E-state index in [1.54, 1.807) is 0 Å². The Morgan fingerprint density at radius 2 is 1.64 bits per heavy atom.